The van der Waals surface area contributed by atoms with Crippen molar-refractivity contribution in [2.75, 3.05) is 36.4 Å². The minimum absolute atomic E-state index is 0.00864. The number of nitrogens with zero attached hydrogens (tertiary/aromatic N) is 3. The number of aryl methyl sites for hydroxylation is 1. The first-order valence-electron chi connectivity index (χ1n) is 15.1. The molecule has 1 aromatic carbocycles. The number of anilines is 2. The fraction of sp³-hybridized carbons (Fsp3) is 0.645. The number of nitrogens with one attached hydrogen (secondary N) is 2. The zero-order chi connectivity index (χ0) is 26.7. The van der Waals surface area contributed by atoms with Crippen molar-refractivity contribution in [3.05, 3.63) is 29.8 Å². The molecule has 2 atom stereocenters. The zero-order valence-electron chi connectivity index (χ0n) is 23.1. The van der Waals surface area contributed by atoms with Crippen LogP contribution in [0.4, 0.5) is 16.3 Å². The van der Waals surface area contributed by atoms with Crippen molar-refractivity contribution in [2.45, 2.75) is 76.8 Å². The monoisotopic (exact) mass is 530 g/mol. The van der Waals surface area contributed by atoms with Crippen LogP contribution >= 0.6 is 0 Å². The van der Waals surface area contributed by atoms with Gasteiger partial charge >= 0.3 is 6.03 Å². The molecule has 0 radical (unpaired) electrons. The molecule has 8 nitrogen and oxygen atoms in total. The van der Waals surface area contributed by atoms with Crippen LogP contribution in [0.2, 0.25) is 0 Å². The van der Waals surface area contributed by atoms with Crippen LogP contribution in [0.1, 0.15) is 63.4 Å². The number of carbonyl (C=O) groups excluding carboxylic acids is 2. The van der Waals surface area contributed by atoms with Crippen LogP contribution in [-0.2, 0) is 4.79 Å². The standard InChI is InChI=1S/C31H42N6O2/c1-19-2-4-26-25(29(19)35-28(38)16-31-13-20-10-21(14-31)12-22(11-20)15-31)3-5-27(34-26)36-9-7-24(18-36)33-30(39)37-8-6-23(32)17-37/h2-5,20-24H,6-18,32H2,1H3,(H,33,39)(H,35,38)/t20?,21?,22?,23?,24-,31?/m0/s1. The molecule has 6 aliphatic rings. The van der Waals surface area contributed by atoms with Crippen LogP contribution in [0.25, 0.3) is 10.9 Å². The number of carbonyl (C=O) groups is 2. The SMILES string of the molecule is Cc1ccc2nc(N3CC[C@H](NC(=O)N4CCC(N)C4)C3)ccc2c1NC(=O)CC12CC3CC(CC(C3)C1)C2. The van der Waals surface area contributed by atoms with E-state index in [0.717, 1.165) is 78.2 Å². The van der Waals surface area contributed by atoms with Crippen molar-refractivity contribution in [2.24, 2.45) is 28.9 Å². The summed E-state index contributed by atoms with van der Waals surface area (Å²) in [6, 6.07) is 8.45. The summed E-state index contributed by atoms with van der Waals surface area (Å²) in [5.74, 6) is 3.62. The van der Waals surface area contributed by atoms with E-state index in [2.05, 4.69) is 46.7 Å². The average Bonchev–Trinajstić information content (AvgIpc) is 3.53. The van der Waals surface area contributed by atoms with Crippen LogP contribution in [0, 0.1) is 30.1 Å². The second-order valence-electron chi connectivity index (χ2n) is 13.5. The maximum atomic E-state index is 13.4. The van der Waals surface area contributed by atoms with E-state index in [9.17, 15) is 9.59 Å². The topological polar surface area (TPSA) is 104 Å². The minimum Gasteiger partial charge on any atom is -0.354 e. The number of hydrogen-bond acceptors (Lipinski definition) is 5. The average molecular weight is 531 g/mol. The molecule has 208 valence electrons. The van der Waals surface area contributed by atoms with Crippen LogP contribution in [0.3, 0.4) is 0 Å². The van der Waals surface area contributed by atoms with E-state index in [1.165, 1.54) is 38.5 Å². The van der Waals surface area contributed by atoms with Gasteiger partial charge in [-0.2, -0.15) is 0 Å². The second-order valence-corrected chi connectivity index (χ2v) is 13.5. The highest BCUT2D eigenvalue weighted by molar-refractivity contribution is 6.03. The summed E-state index contributed by atoms with van der Waals surface area (Å²) < 4.78 is 0. The number of nitrogens with two attached hydrogens (primary N) is 1. The predicted molar refractivity (Wildman–Crippen MR) is 154 cm³/mol. The maximum absolute atomic E-state index is 13.4. The molecule has 1 aromatic heterocycles. The number of urea groups is 1. The molecule has 4 N–H and O–H groups in total. The Labute approximate surface area is 231 Å². The summed E-state index contributed by atoms with van der Waals surface area (Å²) >= 11 is 0. The van der Waals surface area contributed by atoms with E-state index >= 15 is 0 Å². The number of pyridine rings is 1. The van der Waals surface area contributed by atoms with Crippen LogP contribution < -0.4 is 21.3 Å². The van der Waals surface area contributed by atoms with Gasteiger partial charge in [0.25, 0.3) is 0 Å². The van der Waals surface area contributed by atoms with Crippen molar-refractivity contribution in [1.29, 1.82) is 0 Å². The third-order valence-electron chi connectivity index (χ3n) is 10.4. The lowest BCUT2D eigenvalue weighted by molar-refractivity contribution is -0.124. The van der Waals surface area contributed by atoms with Crippen molar-refractivity contribution >= 4 is 34.3 Å². The Kier molecular flexibility index (Phi) is 6.21. The lowest BCUT2D eigenvalue weighted by Crippen LogP contribution is -2.47. The highest BCUT2D eigenvalue weighted by Gasteiger charge is 2.51. The normalized spacial score (nSPS) is 33.2. The first-order chi connectivity index (χ1) is 18.8. The van der Waals surface area contributed by atoms with Gasteiger partial charge in [-0.15, -0.1) is 0 Å². The molecule has 4 aliphatic carbocycles. The molecule has 3 heterocycles. The largest absolute Gasteiger partial charge is 0.354 e. The summed E-state index contributed by atoms with van der Waals surface area (Å²) in [4.78, 5) is 35.1. The van der Waals surface area contributed by atoms with Gasteiger partial charge in [-0.1, -0.05) is 6.07 Å². The Morgan fingerprint density at radius 1 is 1.00 bits per heavy atom. The van der Waals surface area contributed by atoms with Gasteiger partial charge in [0.1, 0.15) is 5.82 Å². The van der Waals surface area contributed by atoms with Gasteiger partial charge in [0, 0.05) is 50.1 Å². The molecule has 4 bridgehead atoms. The van der Waals surface area contributed by atoms with E-state index < -0.39 is 0 Å². The molecular weight excluding hydrogens is 488 g/mol. The third-order valence-corrected chi connectivity index (χ3v) is 10.4. The maximum Gasteiger partial charge on any atom is 0.317 e. The molecule has 4 saturated carbocycles. The molecule has 0 spiro atoms. The number of aromatic nitrogens is 1. The number of fused-ring (bicyclic) bond motifs is 1. The Morgan fingerprint density at radius 2 is 1.74 bits per heavy atom. The van der Waals surface area contributed by atoms with E-state index in [0.29, 0.717) is 13.0 Å². The summed E-state index contributed by atoms with van der Waals surface area (Å²) in [5, 5.41) is 7.50. The minimum atomic E-state index is -0.00864. The van der Waals surface area contributed by atoms with E-state index in [4.69, 9.17) is 10.7 Å². The molecule has 3 amide bonds. The van der Waals surface area contributed by atoms with Crippen LogP contribution in [-0.4, -0.2) is 60.1 Å². The van der Waals surface area contributed by atoms with Crippen LogP contribution in [0.15, 0.2) is 24.3 Å². The molecule has 8 rings (SSSR count). The van der Waals surface area contributed by atoms with Gasteiger partial charge in [-0.05, 0) is 105 Å². The Bertz CT molecular complexity index is 1260. The van der Waals surface area contributed by atoms with Gasteiger partial charge in [0.15, 0.2) is 0 Å². The Morgan fingerprint density at radius 3 is 2.44 bits per heavy atom. The van der Waals surface area contributed by atoms with E-state index in [-0.39, 0.29) is 29.4 Å². The smallest absolute Gasteiger partial charge is 0.317 e. The molecule has 2 aromatic rings. The summed E-state index contributed by atoms with van der Waals surface area (Å²) in [7, 11) is 0. The van der Waals surface area contributed by atoms with E-state index in [1.54, 1.807) is 0 Å². The van der Waals surface area contributed by atoms with Gasteiger partial charge in [0.05, 0.1) is 11.2 Å². The molecular formula is C31H42N6O2. The number of likely N-dealkylation sites (tertiary alicyclic amines) is 1. The lowest BCUT2D eigenvalue weighted by Gasteiger charge is -2.56. The molecule has 8 heteroatoms. The highest BCUT2D eigenvalue weighted by atomic mass is 16.2. The fourth-order valence-electron chi connectivity index (χ4n) is 9.00. The predicted octanol–water partition coefficient (Wildman–Crippen LogP) is 4.41. The molecule has 2 aliphatic heterocycles. The zero-order valence-corrected chi connectivity index (χ0v) is 23.1. The lowest BCUT2D eigenvalue weighted by atomic mass is 9.49. The Balaban J connectivity index is 1.02. The summed E-state index contributed by atoms with van der Waals surface area (Å²) in [6.45, 7) is 5.02. The van der Waals surface area contributed by atoms with Crippen molar-refractivity contribution in [3.8, 4) is 0 Å². The quantitative estimate of drug-likeness (QED) is 0.531. The fourth-order valence-corrected chi connectivity index (χ4v) is 9.00. The van der Waals surface area contributed by atoms with Gasteiger partial charge in [-0.25, -0.2) is 9.78 Å². The van der Waals surface area contributed by atoms with Gasteiger partial charge in [0.2, 0.25) is 5.91 Å². The second kappa shape index (κ2) is 9.65. The number of hydrogen-bond donors (Lipinski definition) is 3. The molecule has 1 unspecified atom stereocenters. The molecule has 39 heavy (non-hydrogen) atoms. The van der Waals surface area contributed by atoms with E-state index in [1.807, 2.05) is 4.90 Å². The highest BCUT2D eigenvalue weighted by Crippen LogP contribution is 2.61. The first-order valence-corrected chi connectivity index (χ1v) is 15.1. The summed E-state index contributed by atoms with van der Waals surface area (Å²) in [5.41, 5.74) is 9.06. The van der Waals surface area contributed by atoms with Crippen molar-refractivity contribution in [3.63, 3.8) is 0 Å². The molecule has 2 saturated heterocycles. The number of rotatable bonds is 5. The van der Waals surface area contributed by atoms with Crippen molar-refractivity contribution < 1.29 is 9.59 Å². The van der Waals surface area contributed by atoms with Gasteiger partial charge in [-0.3, -0.25) is 4.79 Å². The van der Waals surface area contributed by atoms with Crippen LogP contribution in [0.5, 0.6) is 0 Å². The Hall–Kier alpha value is -2.87. The number of amides is 3. The van der Waals surface area contributed by atoms with Crippen molar-refractivity contribution in [1.82, 2.24) is 15.2 Å². The third kappa shape index (κ3) is 4.85. The summed E-state index contributed by atoms with van der Waals surface area (Å²) in [6.07, 6.45) is 10.3. The number of benzene rings is 1. The van der Waals surface area contributed by atoms with Gasteiger partial charge < -0.3 is 26.2 Å². The first kappa shape index (κ1) is 25.1. The molecule has 6 fully saturated rings.